The number of nitrogens with one attached hydrogen (secondary N) is 2. The van der Waals surface area contributed by atoms with Crippen molar-refractivity contribution < 1.29 is 13.2 Å². The number of hydrogen-bond acceptors (Lipinski definition) is 11. The van der Waals surface area contributed by atoms with E-state index in [1.165, 1.54) is 22.6 Å². The highest BCUT2D eigenvalue weighted by atomic mass is 79.9. The average Bonchev–Trinajstić information content (AvgIpc) is 3.05. The van der Waals surface area contributed by atoms with E-state index in [1.54, 1.807) is 51.7 Å². The van der Waals surface area contributed by atoms with Crippen LogP contribution in [-0.2, 0) is 16.4 Å². The Hall–Kier alpha value is -3.75. The van der Waals surface area contributed by atoms with E-state index in [-0.39, 0.29) is 0 Å². The summed E-state index contributed by atoms with van der Waals surface area (Å²) < 4.78 is 34.2. The van der Waals surface area contributed by atoms with Crippen molar-refractivity contribution in [3.63, 3.8) is 0 Å². The van der Waals surface area contributed by atoms with Gasteiger partial charge in [0.1, 0.15) is 22.8 Å². The largest absolute Gasteiger partial charge is 0.494 e. The van der Waals surface area contributed by atoms with E-state index in [0.29, 0.717) is 50.4 Å². The predicted octanol–water partition coefficient (Wildman–Crippen LogP) is 5.95. The highest BCUT2D eigenvalue weighted by Gasteiger charge is 2.28. The summed E-state index contributed by atoms with van der Waals surface area (Å²) in [6.07, 6.45) is 7.85. The highest BCUT2D eigenvalue weighted by Crippen LogP contribution is 2.39. The molecule has 5 rings (SSSR count). The summed E-state index contributed by atoms with van der Waals surface area (Å²) in [5.74, 6) is 1.47. The van der Waals surface area contributed by atoms with Crippen molar-refractivity contribution in [2.24, 2.45) is 0 Å². The lowest BCUT2D eigenvalue weighted by Crippen LogP contribution is -2.42. The van der Waals surface area contributed by atoms with Crippen molar-refractivity contribution in [1.82, 2.24) is 24.8 Å². The quantitative estimate of drug-likeness (QED) is 0.192. The molecular weight excluding hydrogens is 670 g/mol. The maximum Gasteiger partial charge on any atom is 0.237 e. The monoisotopic (exact) mass is 711 g/mol. The minimum atomic E-state index is -3.68. The number of piperidine rings is 1. The Labute approximate surface area is 279 Å². The van der Waals surface area contributed by atoms with Gasteiger partial charge in [0.2, 0.25) is 16.0 Å². The highest BCUT2D eigenvalue weighted by molar-refractivity contribution is 9.10. The molecule has 0 unspecified atom stereocenters. The number of benzene rings is 2. The van der Waals surface area contributed by atoms with Gasteiger partial charge in [-0.1, -0.05) is 6.92 Å². The number of sulfonamides is 1. The molecule has 0 saturated carbocycles. The van der Waals surface area contributed by atoms with Crippen LogP contribution >= 0.6 is 15.9 Å². The lowest BCUT2D eigenvalue weighted by molar-refractivity contribution is 0.249. The smallest absolute Gasteiger partial charge is 0.237 e. The summed E-state index contributed by atoms with van der Waals surface area (Å²) in [7, 11) is 3.81. The van der Waals surface area contributed by atoms with Gasteiger partial charge in [-0.05, 0) is 86.9 Å². The summed E-state index contributed by atoms with van der Waals surface area (Å²) in [6.45, 7) is 7.43. The molecule has 0 radical (unpaired) electrons. The number of aryl methyl sites for hydroxylation is 1. The average molecular weight is 713 g/mol. The molecule has 1 fully saturated rings. The molecule has 2 aromatic carbocycles. The molecule has 1 aliphatic rings. The summed E-state index contributed by atoms with van der Waals surface area (Å²) in [5.41, 5.74) is 5.04. The van der Waals surface area contributed by atoms with Gasteiger partial charge in [0, 0.05) is 56.5 Å². The van der Waals surface area contributed by atoms with Crippen LogP contribution in [0.5, 0.6) is 5.75 Å². The van der Waals surface area contributed by atoms with E-state index >= 15 is 0 Å². The fourth-order valence-electron chi connectivity index (χ4n) is 5.73. The van der Waals surface area contributed by atoms with Gasteiger partial charge in [-0.2, -0.15) is 4.98 Å². The zero-order chi connectivity index (χ0) is 33.2. The van der Waals surface area contributed by atoms with Gasteiger partial charge < -0.3 is 25.2 Å². The maximum atomic E-state index is 13.3. The van der Waals surface area contributed by atoms with E-state index < -0.39 is 15.3 Å². The Morgan fingerprint density at radius 1 is 1.04 bits per heavy atom. The molecule has 0 atom stereocenters. The van der Waals surface area contributed by atoms with Crippen molar-refractivity contribution in [3.8, 4) is 5.75 Å². The SMILES string of the molecule is CCc1cc(Nc2ncc(Br)c(Nc3ccc4nccnc4c3N(C)S(=O)(=O)C(C)C)n2)c(OC)cc1N1CCC(N(C)C)CC1. The minimum absolute atomic E-state index is 0.343. The normalized spacial score (nSPS) is 14.3. The third-order valence-corrected chi connectivity index (χ3v) is 11.2. The molecule has 3 heterocycles. The Balaban J connectivity index is 1.47. The second kappa shape index (κ2) is 13.9. The fourth-order valence-corrected chi connectivity index (χ4v) is 7.09. The van der Waals surface area contributed by atoms with Crippen LogP contribution in [0.1, 0.15) is 39.2 Å². The number of rotatable bonds is 11. The summed E-state index contributed by atoms with van der Waals surface area (Å²) in [5, 5.41) is 6.02. The van der Waals surface area contributed by atoms with E-state index in [4.69, 9.17) is 9.72 Å². The van der Waals surface area contributed by atoms with Gasteiger partial charge >= 0.3 is 0 Å². The van der Waals surface area contributed by atoms with Crippen molar-refractivity contribution in [2.45, 2.75) is 51.3 Å². The first kappa shape index (κ1) is 33.6. The number of hydrogen-bond donors (Lipinski definition) is 2. The lowest BCUT2D eigenvalue weighted by Gasteiger charge is -2.37. The number of methoxy groups -OCH3 is 1. The molecule has 46 heavy (non-hydrogen) atoms. The zero-order valence-corrected chi connectivity index (χ0v) is 29.8. The van der Waals surface area contributed by atoms with Gasteiger partial charge in [0.05, 0.1) is 33.7 Å². The van der Waals surface area contributed by atoms with Gasteiger partial charge in [0.15, 0.2) is 0 Å². The van der Waals surface area contributed by atoms with Crippen LogP contribution in [0.15, 0.2) is 47.3 Å². The van der Waals surface area contributed by atoms with Crippen LogP contribution in [0.2, 0.25) is 0 Å². The molecular formula is C32H42BrN9O3S. The number of aromatic nitrogens is 4. The van der Waals surface area contributed by atoms with Gasteiger partial charge in [-0.15, -0.1) is 0 Å². The topological polar surface area (TPSA) is 129 Å². The number of anilines is 6. The molecule has 0 amide bonds. The second-order valence-corrected chi connectivity index (χ2v) is 15.2. The molecule has 246 valence electrons. The van der Waals surface area contributed by atoms with Crippen LogP contribution < -0.4 is 24.6 Å². The molecule has 14 heteroatoms. The van der Waals surface area contributed by atoms with Crippen molar-refractivity contribution in [2.75, 3.05) is 61.2 Å². The third kappa shape index (κ3) is 6.83. The molecule has 1 saturated heterocycles. The number of ether oxygens (including phenoxy) is 1. The van der Waals surface area contributed by atoms with E-state index in [1.807, 2.05) is 0 Å². The Morgan fingerprint density at radius 3 is 2.41 bits per heavy atom. The lowest BCUT2D eigenvalue weighted by atomic mass is 10.0. The van der Waals surface area contributed by atoms with E-state index in [9.17, 15) is 8.42 Å². The van der Waals surface area contributed by atoms with E-state index in [2.05, 4.69) is 84.5 Å². The first-order chi connectivity index (χ1) is 21.9. The van der Waals surface area contributed by atoms with Crippen LogP contribution in [0.4, 0.5) is 34.5 Å². The molecule has 2 N–H and O–H groups in total. The van der Waals surface area contributed by atoms with Gasteiger partial charge in [0.25, 0.3) is 0 Å². The summed E-state index contributed by atoms with van der Waals surface area (Å²) in [4.78, 5) is 22.9. The fraction of sp³-hybridized carbons (Fsp3) is 0.438. The molecule has 0 spiro atoms. The standard InChI is InChI=1S/C32H42BrN9O3S/c1-8-21-17-26(28(45-7)18-27(21)42-15-11-22(12-16-42)40(4)5)38-32-36-19-23(33)31(39-32)37-25-10-9-24-29(35-14-13-34-24)30(25)41(6)46(43,44)20(2)3/h9-10,13-14,17-20,22H,8,11-12,15-16H2,1-7H3,(H2,36,37,38,39). The van der Waals surface area contributed by atoms with Gasteiger partial charge in [-0.3, -0.25) is 14.3 Å². The summed E-state index contributed by atoms with van der Waals surface area (Å²) >= 11 is 3.56. The predicted molar refractivity (Wildman–Crippen MR) is 190 cm³/mol. The van der Waals surface area contributed by atoms with Crippen molar-refractivity contribution in [1.29, 1.82) is 0 Å². The van der Waals surface area contributed by atoms with Gasteiger partial charge in [-0.25, -0.2) is 13.4 Å². The number of fused-ring (bicyclic) bond motifs is 1. The Morgan fingerprint density at radius 2 is 1.76 bits per heavy atom. The third-order valence-electron chi connectivity index (χ3n) is 8.47. The van der Waals surface area contributed by atoms with Crippen LogP contribution in [0, 0.1) is 0 Å². The van der Waals surface area contributed by atoms with Crippen LogP contribution in [0.25, 0.3) is 11.0 Å². The molecule has 12 nitrogen and oxygen atoms in total. The van der Waals surface area contributed by atoms with E-state index in [0.717, 1.165) is 38.0 Å². The minimum Gasteiger partial charge on any atom is -0.494 e. The van der Waals surface area contributed by atoms with Crippen LogP contribution in [-0.4, -0.2) is 85.9 Å². The molecule has 4 aromatic rings. The molecule has 0 bridgehead atoms. The van der Waals surface area contributed by atoms with Crippen molar-refractivity contribution in [3.05, 3.63) is 52.9 Å². The summed E-state index contributed by atoms with van der Waals surface area (Å²) in [6, 6.07) is 8.37. The maximum absolute atomic E-state index is 13.3. The Kier molecular flexibility index (Phi) is 10.2. The Bertz CT molecular complexity index is 1810. The molecule has 0 aliphatic carbocycles. The second-order valence-electron chi connectivity index (χ2n) is 11.8. The zero-order valence-electron chi connectivity index (χ0n) is 27.4. The molecule has 2 aromatic heterocycles. The first-order valence-electron chi connectivity index (χ1n) is 15.3. The molecule has 1 aliphatic heterocycles. The number of nitrogens with zero attached hydrogens (tertiary/aromatic N) is 7. The first-order valence-corrected chi connectivity index (χ1v) is 17.6. The van der Waals surface area contributed by atoms with Crippen LogP contribution in [0.3, 0.4) is 0 Å². The number of halogens is 1. The van der Waals surface area contributed by atoms with Crippen molar-refractivity contribution >= 4 is 71.5 Å².